The Hall–Kier alpha value is -3.09. The van der Waals surface area contributed by atoms with E-state index in [4.69, 9.17) is 0 Å². The number of hydrogen-bond donors (Lipinski definition) is 3. The van der Waals surface area contributed by atoms with Crippen LogP contribution in [-0.2, 0) is 4.79 Å². The second-order valence-electron chi connectivity index (χ2n) is 6.66. The molecule has 134 valence electrons. The van der Waals surface area contributed by atoms with Crippen LogP contribution in [0.5, 0.6) is 0 Å². The molecule has 3 aromatic rings. The fourth-order valence-electron chi connectivity index (χ4n) is 2.92. The first-order valence-corrected chi connectivity index (χ1v) is 8.83. The maximum atomic E-state index is 11.5. The number of rotatable bonds is 5. The molecule has 1 saturated carbocycles. The number of fused-ring (bicyclic) bond motifs is 1. The van der Waals surface area contributed by atoms with E-state index in [1.165, 1.54) is 19.3 Å². The molecule has 0 unspecified atom stereocenters. The first-order chi connectivity index (χ1) is 12.6. The highest BCUT2D eigenvalue weighted by atomic mass is 16.2. The summed E-state index contributed by atoms with van der Waals surface area (Å²) in [6, 6.07) is 10.1. The molecule has 0 aliphatic heterocycles. The third-order valence-electron chi connectivity index (χ3n) is 4.84. The van der Waals surface area contributed by atoms with E-state index in [9.17, 15) is 4.79 Å². The number of aromatic nitrogens is 3. The number of anilines is 4. The second-order valence-corrected chi connectivity index (χ2v) is 6.66. The van der Waals surface area contributed by atoms with Crippen molar-refractivity contribution in [2.24, 2.45) is 0 Å². The van der Waals surface area contributed by atoms with E-state index in [-0.39, 0.29) is 5.91 Å². The first-order valence-electron chi connectivity index (χ1n) is 8.83. The van der Waals surface area contributed by atoms with Crippen molar-refractivity contribution in [2.45, 2.75) is 32.2 Å². The van der Waals surface area contributed by atoms with Crippen molar-refractivity contribution in [3.8, 4) is 0 Å². The molecule has 1 aliphatic rings. The van der Waals surface area contributed by atoms with Gasteiger partial charge in [-0.15, -0.1) is 0 Å². The van der Waals surface area contributed by atoms with Gasteiger partial charge < -0.3 is 20.5 Å². The first kappa shape index (κ1) is 16.4. The summed E-state index contributed by atoms with van der Waals surface area (Å²) in [5.41, 5.74) is 2.56. The van der Waals surface area contributed by atoms with Gasteiger partial charge in [-0.25, -0.2) is 0 Å². The Morgan fingerprint density at radius 1 is 1.19 bits per heavy atom. The van der Waals surface area contributed by atoms with Gasteiger partial charge in [0.25, 0.3) is 0 Å². The van der Waals surface area contributed by atoms with Gasteiger partial charge in [0.1, 0.15) is 11.5 Å². The van der Waals surface area contributed by atoms with Crippen LogP contribution in [0.2, 0.25) is 0 Å². The molecule has 1 fully saturated rings. The molecular formula is C19H22N6O. The predicted molar refractivity (Wildman–Crippen MR) is 104 cm³/mol. The van der Waals surface area contributed by atoms with Crippen LogP contribution in [0, 0.1) is 0 Å². The molecule has 3 N–H and O–H groups in total. The van der Waals surface area contributed by atoms with E-state index in [1.807, 2.05) is 36.5 Å². The van der Waals surface area contributed by atoms with E-state index in [2.05, 4.69) is 25.6 Å². The highest BCUT2D eigenvalue weighted by Gasteiger charge is 2.19. The van der Waals surface area contributed by atoms with Crippen molar-refractivity contribution in [3.05, 3.63) is 36.5 Å². The number of carbonyl (C=O) groups is 1. The molecule has 0 spiro atoms. The van der Waals surface area contributed by atoms with Crippen molar-refractivity contribution < 1.29 is 4.79 Å². The van der Waals surface area contributed by atoms with E-state index in [0.717, 1.165) is 28.2 Å². The quantitative estimate of drug-likeness (QED) is 0.654. The SMILES string of the molecule is CC(=O)N(C)c1ccc(Nc2nc(NC3CCC3)nc3[nH]ccc23)cc1. The summed E-state index contributed by atoms with van der Waals surface area (Å²) in [6.45, 7) is 1.55. The van der Waals surface area contributed by atoms with Crippen LogP contribution in [0.3, 0.4) is 0 Å². The molecule has 4 rings (SSSR count). The van der Waals surface area contributed by atoms with Crippen molar-refractivity contribution in [1.29, 1.82) is 0 Å². The van der Waals surface area contributed by atoms with Crippen molar-refractivity contribution in [3.63, 3.8) is 0 Å². The Kier molecular flexibility index (Phi) is 4.20. The van der Waals surface area contributed by atoms with Crippen LogP contribution < -0.4 is 15.5 Å². The highest BCUT2D eigenvalue weighted by molar-refractivity contribution is 5.92. The van der Waals surface area contributed by atoms with Gasteiger partial charge in [0.2, 0.25) is 11.9 Å². The van der Waals surface area contributed by atoms with Crippen LogP contribution in [-0.4, -0.2) is 33.9 Å². The van der Waals surface area contributed by atoms with Crippen molar-refractivity contribution in [1.82, 2.24) is 15.0 Å². The van der Waals surface area contributed by atoms with Gasteiger partial charge in [0, 0.05) is 37.6 Å². The lowest BCUT2D eigenvalue weighted by atomic mass is 9.93. The van der Waals surface area contributed by atoms with Crippen LogP contribution >= 0.6 is 0 Å². The average Bonchev–Trinajstić information content (AvgIpc) is 3.07. The molecule has 7 heteroatoms. The number of nitrogens with zero attached hydrogens (tertiary/aromatic N) is 3. The van der Waals surface area contributed by atoms with Crippen LogP contribution in [0.25, 0.3) is 11.0 Å². The maximum absolute atomic E-state index is 11.5. The molecule has 1 aliphatic carbocycles. The molecule has 1 aromatic carbocycles. The van der Waals surface area contributed by atoms with Crippen LogP contribution in [0.4, 0.5) is 23.1 Å². The second kappa shape index (κ2) is 6.67. The number of nitrogens with one attached hydrogen (secondary N) is 3. The molecule has 0 atom stereocenters. The Morgan fingerprint density at radius 3 is 2.62 bits per heavy atom. The number of hydrogen-bond acceptors (Lipinski definition) is 5. The molecule has 1 amide bonds. The smallest absolute Gasteiger partial charge is 0.226 e. The fourth-order valence-corrected chi connectivity index (χ4v) is 2.92. The zero-order chi connectivity index (χ0) is 18.1. The Morgan fingerprint density at radius 2 is 1.96 bits per heavy atom. The molecule has 26 heavy (non-hydrogen) atoms. The summed E-state index contributed by atoms with van der Waals surface area (Å²) in [5, 5.41) is 7.70. The summed E-state index contributed by atoms with van der Waals surface area (Å²) in [4.78, 5) is 25.5. The van der Waals surface area contributed by atoms with Crippen LogP contribution in [0.1, 0.15) is 26.2 Å². The van der Waals surface area contributed by atoms with E-state index in [0.29, 0.717) is 12.0 Å². The van der Waals surface area contributed by atoms with Gasteiger partial charge >= 0.3 is 0 Å². The highest BCUT2D eigenvalue weighted by Crippen LogP contribution is 2.28. The minimum absolute atomic E-state index is 0.00208. The van der Waals surface area contributed by atoms with Gasteiger partial charge in [-0.1, -0.05) is 0 Å². The van der Waals surface area contributed by atoms with Gasteiger partial charge in [0.05, 0.1) is 5.39 Å². The average molecular weight is 350 g/mol. The van der Waals surface area contributed by atoms with Crippen LogP contribution in [0.15, 0.2) is 36.5 Å². The van der Waals surface area contributed by atoms with E-state index < -0.39 is 0 Å². The number of benzene rings is 1. The fraction of sp³-hybridized carbons (Fsp3) is 0.316. The minimum Gasteiger partial charge on any atom is -0.351 e. The molecular weight excluding hydrogens is 328 g/mol. The van der Waals surface area contributed by atoms with Crippen molar-refractivity contribution in [2.75, 3.05) is 22.6 Å². The van der Waals surface area contributed by atoms with Gasteiger partial charge in [-0.2, -0.15) is 9.97 Å². The summed E-state index contributed by atoms with van der Waals surface area (Å²) in [5.74, 6) is 1.40. The molecule has 2 heterocycles. The molecule has 0 saturated heterocycles. The number of carbonyl (C=O) groups excluding carboxylic acids is 1. The molecule has 7 nitrogen and oxygen atoms in total. The summed E-state index contributed by atoms with van der Waals surface area (Å²) < 4.78 is 0. The van der Waals surface area contributed by atoms with Gasteiger partial charge in [0.15, 0.2) is 0 Å². The summed E-state index contributed by atoms with van der Waals surface area (Å²) in [7, 11) is 1.76. The molecule has 0 bridgehead atoms. The van der Waals surface area contributed by atoms with Gasteiger partial charge in [-0.3, -0.25) is 4.79 Å². The third-order valence-corrected chi connectivity index (χ3v) is 4.84. The lowest BCUT2D eigenvalue weighted by Crippen LogP contribution is -2.28. The number of amides is 1. The molecule has 0 radical (unpaired) electrons. The lowest BCUT2D eigenvalue weighted by molar-refractivity contribution is -0.116. The number of aromatic amines is 1. The van der Waals surface area contributed by atoms with E-state index in [1.54, 1.807) is 18.9 Å². The Balaban J connectivity index is 1.59. The third kappa shape index (κ3) is 3.20. The zero-order valence-corrected chi connectivity index (χ0v) is 14.9. The Labute approximate surface area is 151 Å². The van der Waals surface area contributed by atoms with Crippen molar-refractivity contribution >= 4 is 40.1 Å². The van der Waals surface area contributed by atoms with Gasteiger partial charge in [-0.05, 0) is 49.6 Å². The Bertz CT molecular complexity index is 929. The standard InChI is InChI=1S/C19H22N6O/c1-12(26)25(2)15-8-6-14(7-9-15)21-18-16-10-11-20-17(16)23-19(24-18)22-13-4-3-5-13/h6-11,13H,3-5H2,1-2H3,(H3,20,21,22,23,24). The minimum atomic E-state index is 0.00208. The molecule has 2 aromatic heterocycles. The summed E-state index contributed by atoms with van der Waals surface area (Å²) in [6.07, 6.45) is 5.46. The predicted octanol–water partition coefficient (Wildman–Crippen LogP) is 3.65. The topological polar surface area (TPSA) is 85.9 Å². The maximum Gasteiger partial charge on any atom is 0.226 e. The normalized spacial score (nSPS) is 14.1. The summed E-state index contributed by atoms with van der Waals surface area (Å²) >= 11 is 0. The lowest BCUT2D eigenvalue weighted by Gasteiger charge is -2.26. The monoisotopic (exact) mass is 350 g/mol. The zero-order valence-electron chi connectivity index (χ0n) is 14.9. The largest absolute Gasteiger partial charge is 0.351 e. The number of H-pyrrole nitrogens is 1. The van der Waals surface area contributed by atoms with E-state index >= 15 is 0 Å².